The first-order chi connectivity index (χ1) is 20.2. The first-order valence-corrected chi connectivity index (χ1v) is 16.3. The average molecular weight is 633 g/mol. The summed E-state index contributed by atoms with van der Waals surface area (Å²) in [6.45, 7) is 3.73. The zero-order valence-corrected chi connectivity index (χ0v) is 25.8. The van der Waals surface area contributed by atoms with Crippen molar-refractivity contribution < 1.29 is 48.6 Å². The third-order valence-corrected chi connectivity index (χ3v) is 8.95. The Morgan fingerprint density at radius 3 is 2.38 bits per heavy atom. The molecule has 0 aromatic heterocycles. The van der Waals surface area contributed by atoms with Crippen molar-refractivity contribution in [2.45, 2.75) is 62.1 Å². The Morgan fingerprint density at radius 2 is 1.69 bits per heavy atom. The van der Waals surface area contributed by atoms with Crippen LogP contribution in [0.25, 0.3) is 0 Å². The molecule has 1 amide bonds. The van der Waals surface area contributed by atoms with E-state index in [9.17, 15) is 19.8 Å². The van der Waals surface area contributed by atoms with Crippen LogP contribution in [0.15, 0.2) is 29.2 Å². The highest BCUT2D eigenvalue weighted by Gasteiger charge is 2.42. The van der Waals surface area contributed by atoms with E-state index in [1.165, 1.54) is 7.11 Å². The Kier molecular flexibility index (Phi) is 18.3. The van der Waals surface area contributed by atoms with E-state index in [0.717, 1.165) is 29.9 Å². The van der Waals surface area contributed by atoms with Crippen molar-refractivity contribution in [1.29, 1.82) is 5.41 Å². The largest absolute Gasteiger partial charge is 0.478 e. The zero-order valence-electron chi connectivity index (χ0n) is 24.2. The van der Waals surface area contributed by atoms with Gasteiger partial charge < -0.3 is 49.7 Å². The lowest BCUT2D eigenvalue weighted by molar-refractivity contribution is -0.282. The fraction of sp³-hybridized carbons (Fsp3) is 0.679. The molecule has 1 fully saturated rings. The van der Waals surface area contributed by atoms with Crippen molar-refractivity contribution >= 4 is 39.2 Å². The number of carbonyl (C=O) groups excluding carboxylic acids is 1. The van der Waals surface area contributed by atoms with E-state index in [1.54, 1.807) is 52.8 Å². The number of aromatic carboxylic acids is 1. The SMILES string of the molecule is CO[C@@H]1OC(COCC(=O)NCCOCCOCCCC(=N)CCCSSc2ccc(C(=O)O)cc2)[C@@H](C)[C@H](O)C1O. The number of ether oxygens (including phenoxy) is 5. The fourth-order valence-electron chi connectivity index (χ4n) is 3.98. The van der Waals surface area contributed by atoms with E-state index in [2.05, 4.69) is 5.32 Å². The highest BCUT2D eigenvalue weighted by molar-refractivity contribution is 8.76. The average Bonchev–Trinajstić information content (AvgIpc) is 2.98. The van der Waals surface area contributed by atoms with Crippen molar-refractivity contribution in [1.82, 2.24) is 5.32 Å². The van der Waals surface area contributed by atoms with Gasteiger partial charge in [0, 0.05) is 42.5 Å². The molecule has 1 aromatic carbocycles. The lowest BCUT2D eigenvalue weighted by Gasteiger charge is -2.40. The van der Waals surface area contributed by atoms with E-state index in [4.69, 9.17) is 34.2 Å². The number of amides is 1. The number of aliphatic hydroxyl groups excluding tert-OH is 2. The second-order valence-electron chi connectivity index (χ2n) is 9.75. The van der Waals surface area contributed by atoms with Gasteiger partial charge in [-0.25, -0.2) is 4.79 Å². The normalized spacial score (nSPS) is 22.1. The standard InChI is InChI=1S/C28H44N2O10S2/c1-19-23(40-28(36-2)26(33)25(19)32)17-39-18-24(31)30-11-13-38-15-14-37-12-3-5-21(29)6-4-16-41-42-22-9-7-20(8-10-22)27(34)35/h7-10,19,23,25-26,28-29,32-33H,3-6,11-18H2,1-2H3,(H,30,31)(H,34,35)/t19-,23?,25+,26?,28-/m1/s1. The number of benzene rings is 1. The number of aliphatic hydroxyl groups is 2. The van der Waals surface area contributed by atoms with E-state index in [1.807, 2.05) is 0 Å². The summed E-state index contributed by atoms with van der Waals surface area (Å²) >= 11 is 0. The third kappa shape index (κ3) is 14.1. The molecule has 12 nitrogen and oxygen atoms in total. The van der Waals surface area contributed by atoms with Gasteiger partial charge in [-0.15, -0.1) is 0 Å². The summed E-state index contributed by atoms with van der Waals surface area (Å²) in [6.07, 6.45) is -0.455. The Hall–Kier alpha value is -1.75. The van der Waals surface area contributed by atoms with Gasteiger partial charge in [0.25, 0.3) is 0 Å². The molecule has 238 valence electrons. The summed E-state index contributed by atoms with van der Waals surface area (Å²) in [4.78, 5) is 23.8. The number of methoxy groups -OCH3 is 1. The van der Waals surface area contributed by atoms with E-state index < -0.39 is 30.6 Å². The van der Waals surface area contributed by atoms with Crippen LogP contribution in [0.3, 0.4) is 0 Å². The van der Waals surface area contributed by atoms with Gasteiger partial charge in [0.2, 0.25) is 5.91 Å². The molecule has 0 aliphatic carbocycles. The van der Waals surface area contributed by atoms with Crippen LogP contribution in [-0.2, 0) is 28.5 Å². The molecule has 0 bridgehead atoms. The molecule has 14 heteroatoms. The third-order valence-electron chi connectivity index (χ3n) is 6.48. The van der Waals surface area contributed by atoms with Gasteiger partial charge >= 0.3 is 5.97 Å². The molecule has 0 spiro atoms. The Labute approximate surface area is 255 Å². The van der Waals surface area contributed by atoms with Crippen molar-refractivity contribution in [3.63, 3.8) is 0 Å². The Balaban J connectivity index is 1.36. The summed E-state index contributed by atoms with van der Waals surface area (Å²) in [5.41, 5.74) is 0.992. The minimum Gasteiger partial charge on any atom is -0.478 e. The van der Waals surface area contributed by atoms with Gasteiger partial charge in [-0.3, -0.25) is 4.79 Å². The van der Waals surface area contributed by atoms with Gasteiger partial charge in [-0.05, 0) is 49.9 Å². The second-order valence-corrected chi connectivity index (χ2v) is 12.2. The zero-order chi connectivity index (χ0) is 30.7. The maximum atomic E-state index is 11.9. The Bertz CT molecular complexity index is 938. The van der Waals surface area contributed by atoms with Crippen LogP contribution >= 0.6 is 21.6 Å². The van der Waals surface area contributed by atoms with Crippen molar-refractivity contribution in [3.8, 4) is 0 Å². The smallest absolute Gasteiger partial charge is 0.335 e. The molecular weight excluding hydrogens is 588 g/mol. The summed E-state index contributed by atoms with van der Waals surface area (Å²) in [5, 5.41) is 39.7. The monoisotopic (exact) mass is 632 g/mol. The minimum absolute atomic E-state index is 0.0813. The van der Waals surface area contributed by atoms with Crippen LogP contribution in [0.5, 0.6) is 0 Å². The summed E-state index contributed by atoms with van der Waals surface area (Å²) < 4.78 is 27.0. The van der Waals surface area contributed by atoms with Crippen LogP contribution in [0.4, 0.5) is 0 Å². The molecular formula is C28H44N2O10S2. The van der Waals surface area contributed by atoms with Crippen molar-refractivity contribution in [3.05, 3.63) is 29.8 Å². The second kappa shape index (κ2) is 21.0. The first-order valence-electron chi connectivity index (χ1n) is 14.0. The summed E-state index contributed by atoms with van der Waals surface area (Å²) in [5.74, 6) is -0.690. The molecule has 2 unspecified atom stereocenters. The lowest BCUT2D eigenvalue weighted by atomic mass is 9.91. The number of carboxylic acids is 1. The maximum Gasteiger partial charge on any atom is 0.335 e. The van der Waals surface area contributed by atoms with Crippen LogP contribution in [0, 0.1) is 11.3 Å². The highest BCUT2D eigenvalue weighted by atomic mass is 33.1. The molecule has 42 heavy (non-hydrogen) atoms. The molecule has 1 heterocycles. The fourth-order valence-corrected chi connectivity index (χ4v) is 6.05. The van der Waals surface area contributed by atoms with E-state index in [-0.39, 0.29) is 30.6 Å². The predicted molar refractivity (Wildman–Crippen MR) is 160 cm³/mol. The van der Waals surface area contributed by atoms with Crippen LogP contribution < -0.4 is 5.32 Å². The lowest BCUT2D eigenvalue weighted by Crippen LogP contribution is -2.55. The van der Waals surface area contributed by atoms with Crippen LogP contribution in [0.2, 0.25) is 0 Å². The van der Waals surface area contributed by atoms with Crippen molar-refractivity contribution in [2.24, 2.45) is 5.92 Å². The minimum atomic E-state index is -1.14. The number of hydrogen-bond acceptors (Lipinski definition) is 12. The maximum absolute atomic E-state index is 11.9. The van der Waals surface area contributed by atoms with E-state index >= 15 is 0 Å². The predicted octanol–water partition coefficient (Wildman–Crippen LogP) is 2.60. The quantitative estimate of drug-likeness (QED) is 0.0719. The van der Waals surface area contributed by atoms with E-state index in [0.29, 0.717) is 45.1 Å². The molecule has 1 saturated heterocycles. The summed E-state index contributed by atoms with van der Waals surface area (Å²) in [6, 6.07) is 6.81. The first kappa shape index (κ1) is 36.4. The molecule has 1 aromatic rings. The molecule has 2 rings (SSSR count). The van der Waals surface area contributed by atoms with Crippen molar-refractivity contribution in [2.75, 3.05) is 59.0 Å². The van der Waals surface area contributed by atoms with Gasteiger partial charge in [0.1, 0.15) is 12.7 Å². The number of carboxylic acid groups (broad SMARTS) is 1. The Morgan fingerprint density at radius 1 is 1.00 bits per heavy atom. The topological polar surface area (TPSA) is 177 Å². The molecule has 1 aliphatic heterocycles. The number of carbonyl (C=O) groups is 2. The van der Waals surface area contributed by atoms with Gasteiger partial charge in [0.15, 0.2) is 6.29 Å². The molecule has 0 saturated carbocycles. The van der Waals surface area contributed by atoms with Crippen LogP contribution in [-0.4, -0.2) is 117 Å². The molecule has 0 radical (unpaired) electrons. The number of nitrogens with one attached hydrogen (secondary N) is 2. The highest BCUT2D eigenvalue weighted by Crippen LogP contribution is 2.32. The number of hydrogen-bond donors (Lipinski definition) is 5. The van der Waals surface area contributed by atoms with Gasteiger partial charge in [0.05, 0.1) is 44.2 Å². The molecule has 1 aliphatic rings. The number of rotatable bonds is 22. The van der Waals surface area contributed by atoms with Crippen LogP contribution in [0.1, 0.15) is 43.0 Å². The summed E-state index contributed by atoms with van der Waals surface area (Å²) in [7, 11) is 4.69. The molecule has 5 atom stereocenters. The van der Waals surface area contributed by atoms with Gasteiger partial charge in [-0.1, -0.05) is 28.5 Å². The molecule has 5 N–H and O–H groups in total. The van der Waals surface area contributed by atoms with Gasteiger partial charge in [-0.2, -0.15) is 0 Å².